The number of rotatable bonds is 10. The van der Waals surface area contributed by atoms with E-state index >= 15 is 0 Å². The number of hydrogen-bond acceptors (Lipinski definition) is 7. The van der Waals surface area contributed by atoms with Crippen LogP contribution in [0.3, 0.4) is 0 Å². The average molecular weight is 517 g/mol. The van der Waals surface area contributed by atoms with Crippen LogP contribution in [0.4, 0.5) is 5.69 Å². The highest BCUT2D eigenvalue weighted by atomic mass is 32.2. The lowest BCUT2D eigenvalue weighted by Crippen LogP contribution is -2.30. The summed E-state index contributed by atoms with van der Waals surface area (Å²) in [6, 6.07) is 10.3. The van der Waals surface area contributed by atoms with Crippen molar-refractivity contribution in [1.29, 1.82) is 0 Å². The fourth-order valence-corrected chi connectivity index (χ4v) is 4.88. The van der Waals surface area contributed by atoms with Gasteiger partial charge >= 0.3 is 5.97 Å². The number of sulfonamides is 1. The zero-order chi connectivity index (χ0) is 26.6. The van der Waals surface area contributed by atoms with E-state index < -0.39 is 27.9 Å². The summed E-state index contributed by atoms with van der Waals surface area (Å²) >= 11 is 0. The Hall–Kier alpha value is -3.90. The first kappa shape index (κ1) is 26.7. The van der Waals surface area contributed by atoms with Gasteiger partial charge in [-0.1, -0.05) is 12.1 Å². The number of hydrogen-bond donors (Lipinski definition) is 3. The highest BCUT2D eigenvalue weighted by Gasteiger charge is 2.26. The Kier molecular flexibility index (Phi) is 8.00. The Morgan fingerprint density at radius 1 is 1.14 bits per heavy atom. The summed E-state index contributed by atoms with van der Waals surface area (Å²) in [5, 5.41) is 16.1. The summed E-state index contributed by atoms with van der Waals surface area (Å²) in [5.74, 6) is -1.32. The standard InChI is InChI=1S/C24H28N4O7S/c1-6-28-23(15(4)21(26-28)24(30)31)35-19-12-11-16(13-20(19)36(32,33)27-14(2)3)25-22(29)17-9-7-8-10-18(17)34-5/h7-14,27H,6H2,1-5H3,(H,25,29)(H,30,31). The van der Waals surface area contributed by atoms with Crippen molar-refractivity contribution in [3.63, 3.8) is 0 Å². The third kappa shape index (κ3) is 5.66. The number of carbonyl (C=O) groups is 2. The van der Waals surface area contributed by atoms with E-state index in [0.717, 1.165) is 0 Å². The van der Waals surface area contributed by atoms with Gasteiger partial charge in [0.15, 0.2) is 5.69 Å². The number of carbonyl (C=O) groups excluding carboxylic acids is 1. The number of amides is 1. The van der Waals surface area contributed by atoms with E-state index in [1.807, 2.05) is 0 Å². The van der Waals surface area contributed by atoms with Crippen LogP contribution in [0.2, 0.25) is 0 Å². The van der Waals surface area contributed by atoms with Gasteiger partial charge in [0.25, 0.3) is 5.91 Å². The number of benzene rings is 2. The largest absolute Gasteiger partial charge is 0.496 e. The van der Waals surface area contributed by atoms with Gasteiger partial charge in [-0.15, -0.1) is 0 Å². The molecule has 1 heterocycles. The van der Waals surface area contributed by atoms with E-state index in [9.17, 15) is 23.1 Å². The molecule has 2 aromatic carbocycles. The van der Waals surface area contributed by atoms with E-state index in [0.29, 0.717) is 12.3 Å². The Morgan fingerprint density at radius 2 is 1.83 bits per heavy atom. The Balaban J connectivity index is 2.06. The number of carboxylic acids is 1. The van der Waals surface area contributed by atoms with Crippen molar-refractivity contribution in [1.82, 2.24) is 14.5 Å². The lowest BCUT2D eigenvalue weighted by atomic mass is 10.2. The van der Waals surface area contributed by atoms with Crippen LogP contribution in [-0.4, -0.2) is 48.3 Å². The number of carboxylic acid groups (broad SMARTS) is 1. The molecule has 3 N–H and O–H groups in total. The minimum absolute atomic E-state index is 0.0620. The molecule has 12 heteroatoms. The fraction of sp³-hybridized carbons (Fsp3) is 0.292. The molecule has 0 saturated carbocycles. The fourth-order valence-electron chi connectivity index (χ4n) is 3.47. The molecule has 0 aliphatic heterocycles. The van der Waals surface area contributed by atoms with E-state index in [4.69, 9.17) is 9.47 Å². The number of aromatic nitrogens is 2. The van der Waals surface area contributed by atoms with Crippen molar-refractivity contribution >= 4 is 27.6 Å². The van der Waals surface area contributed by atoms with Gasteiger partial charge in [0, 0.05) is 23.8 Å². The predicted molar refractivity (Wildman–Crippen MR) is 133 cm³/mol. The first-order chi connectivity index (χ1) is 17.0. The van der Waals surface area contributed by atoms with Gasteiger partial charge in [-0.2, -0.15) is 5.10 Å². The quantitative estimate of drug-likeness (QED) is 0.370. The predicted octanol–water partition coefficient (Wildman–Crippen LogP) is 3.65. The van der Waals surface area contributed by atoms with Gasteiger partial charge in [0.1, 0.15) is 16.4 Å². The molecule has 3 aromatic rings. The summed E-state index contributed by atoms with van der Waals surface area (Å²) < 4.78 is 41.3. The van der Waals surface area contributed by atoms with Gasteiger partial charge in [0.05, 0.1) is 12.7 Å². The van der Waals surface area contributed by atoms with Crippen molar-refractivity contribution in [2.45, 2.75) is 45.2 Å². The van der Waals surface area contributed by atoms with Gasteiger partial charge in [-0.3, -0.25) is 4.79 Å². The molecule has 192 valence electrons. The van der Waals surface area contributed by atoms with Crippen LogP contribution in [0.1, 0.15) is 47.2 Å². The zero-order valence-electron chi connectivity index (χ0n) is 20.5. The Labute approximate surface area is 209 Å². The molecule has 0 saturated heterocycles. The summed E-state index contributed by atoms with van der Waals surface area (Å²) in [6.45, 7) is 6.91. The molecular weight excluding hydrogens is 488 g/mol. The molecule has 0 unspecified atom stereocenters. The van der Waals surface area contributed by atoms with Gasteiger partial charge in [-0.25, -0.2) is 22.6 Å². The van der Waals surface area contributed by atoms with Crippen molar-refractivity contribution in [3.8, 4) is 17.4 Å². The highest BCUT2D eigenvalue weighted by molar-refractivity contribution is 7.89. The van der Waals surface area contributed by atoms with Crippen LogP contribution in [0.15, 0.2) is 47.4 Å². The Bertz CT molecular complexity index is 1400. The minimum Gasteiger partial charge on any atom is -0.496 e. The van der Waals surface area contributed by atoms with E-state index in [1.54, 1.807) is 45.0 Å². The van der Waals surface area contributed by atoms with Gasteiger partial charge in [-0.05, 0) is 58.0 Å². The van der Waals surface area contributed by atoms with Crippen molar-refractivity contribution in [3.05, 3.63) is 59.3 Å². The van der Waals surface area contributed by atoms with E-state index in [-0.39, 0.29) is 39.0 Å². The molecule has 0 aliphatic carbocycles. The normalized spacial score (nSPS) is 11.4. The molecule has 0 atom stereocenters. The molecule has 1 amide bonds. The maximum Gasteiger partial charge on any atom is 0.356 e. The summed E-state index contributed by atoms with van der Waals surface area (Å²) in [4.78, 5) is 24.1. The number of aromatic carboxylic acids is 1. The second-order valence-corrected chi connectivity index (χ2v) is 9.78. The monoisotopic (exact) mass is 516 g/mol. The third-order valence-electron chi connectivity index (χ3n) is 5.07. The highest BCUT2D eigenvalue weighted by Crippen LogP contribution is 2.34. The number of ether oxygens (including phenoxy) is 2. The molecule has 0 aliphatic rings. The molecule has 3 rings (SSSR count). The molecular formula is C24H28N4O7S. The number of anilines is 1. The molecule has 11 nitrogen and oxygen atoms in total. The van der Waals surface area contributed by atoms with Crippen LogP contribution >= 0.6 is 0 Å². The van der Waals surface area contributed by atoms with Crippen LogP contribution in [-0.2, 0) is 16.6 Å². The van der Waals surface area contributed by atoms with Crippen LogP contribution < -0.4 is 19.5 Å². The summed E-state index contributed by atoms with van der Waals surface area (Å²) in [5.41, 5.74) is 0.526. The zero-order valence-corrected chi connectivity index (χ0v) is 21.3. The number of nitrogens with one attached hydrogen (secondary N) is 2. The topological polar surface area (TPSA) is 149 Å². The number of para-hydroxylation sites is 1. The van der Waals surface area contributed by atoms with Crippen molar-refractivity contribution < 1.29 is 32.6 Å². The molecule has 36 heavy (non-hydrogen) atoms. The van der Waals surface area contributed by atoms with Crippen LogP contribution in [0.25, 0.3) is 0 Å². The number of nitrogens with zero attached hydrogens (tertiary/aromatic N) is 2. The molecule has 0 radical (unpaired) electrons. The molecule has 0 spiro atoms. The van der Waals surface area contributed by atoms with Gasteiger partial charge in [0.2, 0.25) is 15.9 Å². The second kappa shape index (κ2) is 10.8. The third-order valence-corrected chi connectivity index (χ3v) is 6.75. The second-order valence-electron chi connectivity index (χ2n) is 8.09. The Morgan fingerprint density at radius 3 is 2.44 bits per heavy atom. The van der Waals surface area contributed by atoms with Crippen LogP contribution in [0, 0.1) is 6.92 Å². The number of aryl methyl sites for hydroxylation is 1. The van der Waals surface area contributed by atoms with E-state index in [2.05, 4.69) is 15.1 Å². The SMILES string of the molecule is CCn1nc(C(=O)O)c(C)c1Oc1ccc(NC(=O)c2ccccc2OC)cc1S(=O)(=O)NC(C)C. The van der Waals surface area contributed by atoms with Crippen molar-refractivity contribution in [2.75, 3.05) is 12.4 Å². The number of methoxy groups -OCH3 is 1. The maximum atomic E-state index is 13.2. The lowest BCUT2D eigenvalue weighted by molar-refractivity contribution is 0.0688. The van der Waals surface area contributed by atoms with Crippen molar-refractivity contribution in [2.24, 2.45) is 0 Å². The molecule has 1 aromatic heterocycles. The van der Waals surface area contributed by atoms with E-state index in [1.165, 1.54) is 36.9 Å². The molecule has 0 fully saturated rings. The average Bonchev–Trinajstić information content (AvgIpc) is 3.14. The van der Waals surface area contributed by atoms with Crippen LogP contribution in [0.5, 0.6) is 17.4 Å². The minimum atomic E-state index is -4.08. The maximum absolute atomic E-state index is 13.2. The summed E-state index contributed by atoms with van der Waals surface area (Å²) in [6.07, 6.45) is 0. The molecule has 0 bridgehead atoms. The summed E-state index contributed by atoms with van der Waals surface area (Å²) in [7, 11) is -2.64. The smallest absolute Gasteiger partial charge is 0.356 e. The first-order valence-electron chi connectivity index (χ1n) is 11.1. The first-order valence-corrected chi connectivity index (χ1v) is 12.6. The van der Waals surface area contributed by atoms with Gasteiger partial charge < -0.3 is 19.9 Å². The lowest BCUT2D eigenvalue weighted by Gasteiger charge is -2.17.